The molecule has 0 aliphatic heterocycles. The van der Waals surface area contributed by atoms with Crippen LogP contribution in [0, 0.1) is 0 Å². The molecule has 2 saturated carbocycles. The van der Waals surface area contributed by atoms with Gasteiger partial charge in [-0.05, 0) is 38.7 Å². The number of aromatic amines is 1. The summed E-state index contributed by atoms with van der Waals surface area (Å²) in [6.45, 7) is 2.36. The highest BCUT2D eigenvalue weighted by Crippen LogP contribution is 2.39. The van der Waals surface area contributed by atoms with Gasteiger partial charge in [0.25, 0.3) is 0 Å². The minimum atomic E-state index is -1.21. The Kier molecular flexibility index (Phi) is 5.20. The van der Waals surface area contributed by atoms with Gasteiger partial charge in [0.15, 0.2) is 11.6 Å². The van der Waals surface area contributed by atoms with Crippen LogP contribution >= 0.6 is 0 Å². The summed E-state index contributed by atoms with van der Waals surface area (Å²) in [6, 6.07) is 3.73. The lowest BCUT2D eigenvalue weighted by molar-refractivity contribution is 0.0583. The number of alkyl halides is 1. The largest absolute Gasteiger partial charge is 0.443 e. The molecule has 11 heteroatoms. The van der Waals surface area contributed by atoms with Gasteiger partial charge in [-0.1, -0.05) is 0 Å². The number of anilines is 2. The average molecular weight is 443 g/mol. The minimum absolute atomic E-state index is 0.116. The summed E-state index contributed by atoms with van der Waals surface area (Å²) < 4.78 is 26.8. The molecule has 3 aromatic rings. The maximum atomic E-state index is 14.5. The molecule has 170 valence electrons. The highest BCUT2D eigenvalue weighted by Gasteiger charge is 2.42. The zero-order valence-corrected chi connectivity index (χ0v) is 18.0. The number of carbonyl (C=O) groups excluding carboxylic acids is 1. The molecule has 3 N–H and O–H groups in total. The molecule has 2 fully saturated rings. The van der Waals surface area contributed by atoms with E-state index in [1.54, 1.807) is 24.0 Å². The number of rotatable bonds is 7. The molecule has 1 amide bonds. The summed E-state index contributed by atoms with van der Waals surface area (Å²) in [4.78, 5) is 16.4. The zero-order valence-electron chi connectivity index (χ0n) is 18.0. The van der Waals surface area contributed by atoms with Crippen molar-refractivity contribution >= 4 is 23.2 Å². The van der Waals surface area contributed by atoms with E-state index in [2.05, 4.69) is 30.9 Å². The molecule has 10 nitrogen and oxygen atoms in total. The van der Waals surface area contributed by atoms with Crippen LogP contribution in [0.3, 0.4) is 0 Å². The molecular weight excluding hydrogens is 417 g/mol. The van der Waals surface area contributed by atoms with Crippen molar-refractivity contribution in [2.75, 3.05) is 12.4 Å². The van der Waals surface area contributed by atoms with Gasteiger partial charge in [-0.2, -0.15) is 10.2 Å². The third-order valence-electron chi connectivity index (χ3n) is 6.11. The number of nitrogens with zero attached hydrogens (tertiary/aromatic N) is 4. The van der Waals surface area contributed by atoms with E-state index in [4.69, 9.17) is 9.47 Å². The van der Waals surface area contributed by atoms with Crippen molar-refractivity contribution in [2.24, 2.45) is 0 Å². The fraction of sp³-hybridized carbons (Fsp3) is 0.524. The van der Waals surface area contributed by atoms with E-state index in [1.165, 1.54) is 0 Å². The Morgan fingerprint density at radius 1 is 1.38 bits per heavy atom. The van der Waals surface area contributed by atoms with Gasteiger partial charge in [0.05, 0.1) is 12.3 Å². The standard InChI is InChI=1S/C21H26FN7O3/c1-21(3-4-21)25-20(30)32-17-8-12(7-14(17)22)15-10-18(27-26-15)24-19-16-9-13(11-31-2)28-29(16)6-5-23-19/h5-6,9-10,12,14,17H,3-4,7-8,11H2,1-2H3,(H,25,30)(H2,23,24,26,27)/t12-,14+,17-/m0/s1. The van der Waals surface area contributed by atoms with Crippen molar-refractivity contribution in [3.63, 3.8) is 0 Å². The fourth-order valence-electron chi connectivity index (χ4n) is 4.07. The number of carbonyl (C=O) groups is 1. The molecule has 0 spiro atoms. The molecule has 0 unspecified atom stereocenters. The van der Waals surface area contributed by atoms with Gasteiger partial charge in [-0.15, -0.1) is 0 Å². The third-order valence-corrected chi connectivity index (χ3v) is 6.11. The van der Waals surface area contributed by atoms with Crippen molar-refractivity contribution in [3.05, 3.63) is 35.9 Å². The SMILES string of the molecule is COCc1cc2c(Nc3cc([C@H]4C[C@@H](F)[C@@H](OC(=O)NC5(C)CC5)C4)[nH]n3)nccn2n1. The van der Waals surface area contributed by atoms with E-state index in [0.717, 1.165) is 29.7 Å². The van der Waals surface area contributed by atoms with Gasteiger partial charge in [0, 0.05) is 42.7 Å². The van der Waals surface area contributed by atoms with Crippen LogP contribution in [-0.4, -0.2) is 55.8 Å². The van der Waals surface area contributed by atoms with Crippen molar-refractivity contribution in [2.45, 2.75) is 62.9 Å². The smallest absolute Gasteiger partial charge is 0.407 e. The Balaban J connectivity index is 1.24. The lowest BCUT2D eigenvalue weighted by Gasteiger charge is -2.17. The third kappa shape index (κ3) is 4.24. The zero-order chi connectivity index (χ0) is 22.3. The summed E-state index contributed by atoms with van der Waals surface area (Å²) >= 11 is 0. The Bertz CT molecular complexity index is 1130. The van der Waals surface area contributed by atoms with Crippen molar-refractivity contribution in [1.29, 1.82) is 0 Å². The van der Waals surface area contributed by atoms with Crippen LogP contribution in [0.1, 0.15) is 49.9 Å². The molecule has 0 saturated heterocycles. The molecule has 2 aliphatic rings. The highest BCUT2D eigenvalue weighted by molar-refractivity contribution is 5.72. The number of ether oxygens (including phenoxy) is 2. The summed E-state index contributed by atoms with van der Waals surface area (Å²) in [5.74, 6) is 1.05. The Morgan fingerprint density at radius 2 is 2.22 bits per heavy atom. The number of aromatic nitrogens is 5. The Labute approximate surface area is 183 Å². The van der Waals surface area contributed by atoms with Gasteiger partial charge in [0.1, 0.15) is 17.8 Å². The molecule has 3 aromatic heterocycles. The second-order valence-electron chi connectivity index (χ2n) is 8.82. The normalized spacial score (nSPS) is 23.9. The van der Waals surface area contributed by atoms with E-state index in [1.807, 2.05) is 19.1 Å². The number of hydrogen-bond donors (Lipinski definition) is 3. The van der Waals surface area contributed by atoms with E-state index < -0.39 is 18.4 Å². The predicted octanol–water partition coefficient (Wildman–Crippen LogP) is 3.21. The number of alkyl carbamates (subject to hydrolysis) is 1. The fourth-order valence-corrected chi connectivity index (χ4v) is 4.07. The quantitative estimate of drug-likeness (QED) is 0.513. The van der Waals surface area contributed by atoms with E-state index in [9.17, 15) is 9.18 Å². The predicted molar refractivity (Wildman–Crippen MR) is 113 cm³/mol. The first-order valence-electron chi connectivity index (χ1n) is 10.7. The molecular formula is C21H26FN7O3. The number of methoxy groups -OCH3 is 1. The van der Waals surface area contributed by atoms with Gasteiger partial charge < -0.3 is 20.1 Å². The topological polar surface area (TPSA) is 118 Å². The summed E-state index contributed by atoms with van der Waals surface area (Å²) in [7, 11) is 1.62. The van der Waals surface area contributed by atoms with Crippen molar-refractivity contribution in [3.8, 4) is 0 Å². The van der Waals surface area contributed by atoms with Crippen LogP contribution in [0.5, 0.6) is 0 Å². The second kappa shape index (κ2) is 8.05. The molecule has 0 radical (unpaired) electrons. The van der Waals surface area contributed by atoms with Crippen LogP contribution in [0.4, 0.5) is 20.8 Å². The first-order valence-corrected chi connectivity index (χ1v) is 10.7. The van der Waals surface area contributed by atoms with Crippen LogP contribution in [0.25, 0.3) is 5.52 Å². The Morgan fingerprint density at radius 3 is 3.00 bits per heavy atom. The van der Waals surface area contributed by atoms with E-state index in [0.29, 0.717) is 24.7 Å². The summed E-state index contributed by atoms with van der Waals surface area (Å²) in [5.41, 5.74) is 2.17. The molecule has 0 bridgehead atoms. The van der Waals surface area contributed by atoms with Crippen molar-refractivity contribution < 1.29 is 18.7 Å². The first kappa shape index (κ1) is 20.7. The minimum Gasteiger partial charge on any atom is -0.443 e. The number of H-pyrrole nitrogens is 1. The van der Waals surface area contributed by atoms with Gasteiger partial charge >= 0.3 is 6.09 Å². The first-order chi connectivity index (χ1) is 15.4. The summed E-state index contributed by atoms with van der Waals surface area (Å²) in [5, 5.41) is 17.7. The van der Waals surface area contributed by atoms with Gasteiger partial charge in [-0.25, -0.2) is 18.7 Å². The maximum absolute atomic E-state index is 14.5. The molecule has 5 rings (SSSR count). The van der Waals surface area contributed by atoms with E-state index in [-0.39, 0.29) is 17.9 Å². The maximum Gasteiger partial charge on any atom is 0.407 e. The number of halogens is 1. The second-order valence-corrected chi connectivity index (χ2v) is 8.82. The van der Waals surface area contributed by atoms with Gasteiger partial charge in [0.2, 0.25) is 0 Å². The number of amides is 1. The molecule has 3 atom stereocenters. The molecule has 0 aromatic carbocycles. The number of fused-ring (bicyclic) bond motifs is 1. The van der Waals surface area contributed by atoms with Crippen LogP contribution in [0.2, 0.25) is 0 Å². The van der Waals surface area contributed by atoms with Crippen molar-refractivity contribution in [1.82, 2.24) is 30.1 Å². The number of nitrogens with one attached hydrogen (secondary N) is 3. The molecule has 3 heterocycles. The van der Waals surface area contributed by atoms with E-state index >= 15 is 0 Å². The van der Waals surface area contributed by atoms with Crippen LogP contribution in [-0.2, 0) is 16.1 Å². The lowest BCUT2D eigenvalue weighted by atomic mass is 10.0. The lowest BCUT2D eigenvalue weighted by Crippen LogP contribution is -2.38. The molecule has 2 aliphatic carbocycles. The average Bonchev–Trinajstić information content (AvgIpc) is 3.12. The van der Waals surface area contributed by atoms with Gasteiger partial charge in [-0.3, -0.25) is 5.10 Å². The number of hydrogen-bond acceptors (Lipinski definition) is 7. The highest BCUT2D eigenvalue weighted by atomic mass is 19.1. The molecule has 32 heavy (non-hydrogen) atoms. The summed E-state index contributed by atoms with van der Waals surface area (Å²) in [6.07, 6.45) is 3.42. The monoisotopic (exact) mass is 443 g/mol. The Hall–Kier alpha value is -3.21. The van der Waals surface area contributed by atoms with Crippen LogP contribution in [0.15, 0.2) is 24.5 Å². The van der Waals surface area contributed by atoms with Crippen LogP contribution < -0.4 is 10.6 Å².